The molecule has 1 aromatic rings. The molecule has 0 saturated heterocycles. The van der Waals surface area contributed by atoms with Crippen molar-refractivity contribution in [3.8, 4) is 0 Å². The maximum atomic E-state index is 13.2. The van der Waals surface area contributed by atoms with Gasteiger partial charge in [0, 0.05) is 10.9 Å². The van der Waals surface area contributed by atoms with Gasteiger partial charge >= 0.3 is 0 Å². The predicted octanol–water partition coefficient (Wildman–Crippen LogP) is 3.75. The van der Waals surface area contributed by atoms with Crippen LogP contribution in [0.25, 0.3) is 0 Å². The molecule has 0 aliphatic carbocycles. The Bertz CT molecular complexity index is 354. The molecule has 1 N–H and O–H groups in total. The van der Waals surface area contributed by atoms with E-state index in [0.29, 0.717) is 6.04 Å². The van der Waals surface area contributed by atoms with Crippen LogP contribution in [0.5, 0.6) is 0 Å². The topological polar surface area (TPSA) is 12.0 Å². The van der Waals surface area contributed by atoms with Gasteiger partial charge in [0.1, 0.15) is 5.82 Å². The lowest BCUT2D eigenvalue weighted by Crippen LogP contribution is -2.25. The quantitative estimate of drug-likeness (QED) is 0.803. The third-order valence-corrected chi connectivity index (χ3v) is 4.06. The minimum Gasteiger partial charge on any atom is -0.310 e. The molecule has 0 fully saturated rings. The number of halogens is 1. The molecule has 1 atom stereocenters. The van der Waals surface area contributed by atoms with Gasteiger partial charge in [-0.05, 0) is 48.9 Å². The molecule has 1 aliphatic rings. The Hall–Kier alpha value is -0.540. The van der Waals surface area contributed by atoms with E-state index >= 15 is 0 Å². The van der Waals surface area contributed by atoms with Gasteiger partial charge in [-0.1, -0.05) is 13.3 Å². The highest BCUT2D eigenvalue weighted by Crippen LogP contribution is 2.36. The van der Waals surface area contributed by atoms with Crippen LogP contribution in [0.2, 0.25) is 0 Å². The Labute approximate surface area is 101 Å². The standard InChI is InChI=1S/C13H18FNS/c1-2-3-7-15-12-6-8-16-13-5-4-10(14)9-11(12)13/h4-5,9,12,15H,2-3,6-8H2,1H3. The molecule has 0 bridgehead atoms. The molecular formula is C13H18FNS. The number of unbranched alkanes of at least 4 members (excludes halogenated alkanes) is 1. The van der Waals surface area contributed by atoms with Gasteiger partial charge < -0.3 is 5.32 Å². The Balaban J connectivity index is 2.09. The van der Waals surface area contributed by atoms with E-state index in [1.54, 1.807) is 12.1 Å². The van der Waals surface area contributed by atoms with E-state index in [-0.39, 0.29) is 5.82 Å². The van der Waals surface area contributed by atoms with Crippen molar-refractivity contribution in [1.82, 2.24) is 5.32 Å². The highest BCUT2D eigenvalue weighted by Gasteiger charge is 2.20. The maximum absolute atomic E-state index is 13.2. The van der Waals surface area contributed by atoms with Crippen LogP contribution in [0.4, 0.5) is 4.39 Å². The first-order valence-electron chi connectivity index (χ1n) is 5.97. The van der Waals surface area contributed by atoms with Gasteiger partial charge in [0.25, 0.3) is 0 Å². The Morgan fingerprint density at radius 3 is 3.19 bits per heavy atom. The normalized spacial score (nSPS) is 19.5. The molecule has 0 spiro atoms. The first-order valence-corrected chi connectivity index (χ1v) is 6.95. The van der Waals surface area contributed by atoms with Crippen molar-refractivity contribution in [2.45, 2.75) is 37.1 Å². The van der Waals surface area contributed by atoms with Crippen molar-refractivity contribution in [2.75, 3.05) is 12.3 Å². The fourth-order valence-electron chi connectivity index (χ4n) is 2.03. The van der Waals surface area contributed by atoms with Crippen molar-refractivity contribution >= 4 is 11.8 Å². The Kier molecular flexibility index (Phi) is 4.24. The molecule has 1 heterocycles. The van der Waals surface area contributed by atoms with Crippen LogP contribution < -0.4 is 5.32 Å². The predicted molar refractivity (Wildman–Crippen MR) is 67.4 cm³/mol. The highest BCUT2D eigenvalue weighted by atomic mass is 32.2. The van der Waals surface area contributed by atoms with Crippen LogP contribution in [0.15, 0.2) is 23.1 Å². The average molecular weight is 239 g/mol. The number of hydrogen-bond donors (Lipinski definition) is 1. The summed E-state index contributed by atoms with van der Waals surface area (Å²) in [7, 11) is 0. The van der Waals surface area contributed by atoms with Crippen LogP contribution in [-0.2, 0) is 0 Å². The van der Waals surface area contributed by atoms with Gasteiger partial charge in [0.2, 0.25) is 0 Å². The first-order chi connectivity index (χ1) is 7.81. The molecule has 88 valence electrons. The van der Waals surface area contributed by atoms with Gasteiger partial charge in [0.15, 0.2) is 0 Å². The van der Waals surface area contributed by atoms with Crippen LogP contribution in [0.1, 0.15) is 37.8 Å². The molecule has 1 unspecified atom stereocenters. The molecule has 1 aromatic carbocycles. The van der Waals surface area contributed by atoms with Crippen molar-refractivity contribution in [2.24, 2.45) is 0 Å². The number of benzene rings is 1. The van der Waals surface area contributed by atoms with E-state index in [2.05, 4.69) is 12.2 Å². The highest BCUT2D eigenvalue weighted by molar-refractivity contribution is 7.99. The maximum Gasteiger partial charge on any atom is 0.123 e. The zero-order valence-electron chi connectivity index (χ0n) is 9.63. The zero-order chi connectivity index (χ0) is 11.4. The monoisotopic (exact) mass is 239 g/mol. The molecule has 1 aliphatic heterocycles. The molecule has 2 rings (SSSR count). The second-order valence-electron chi connectivity index (χ2n) is 4.18. The van der Waals surface area contributed by atoms with E-state index < -0.39 is 0 Å². The average Bonchev–Trinajstić information content (AvgIpc) is 2.30. The summed E-state index contributed by atoms with van der Waals surface area (Å²) in [6.07, 6.45) is 3.49. The van der Waals surface area contributed by atoms with Crippen LogP contribution in [0.3, 0.4) is 0 Å². The molecule has 1 nitrogen and oxygen atoms in total. The van der Waals surface area contributed by atoms with E-state index in [1.807, 2.05) is 17.8 Å². The van der Waals surface area contributed by atoms with E-state index in [9.17, 15) is 4.39 Å². The lowest BCUT2D eigenvalue weighted by molar-refractivity contribution is 0.495. The second kappa shape index (κ2) is 5.69. The Morgan fingerprint density at radius 2 is 2.38 bits per heavy atom. The van der Waals surface area contributed by atoms with Crippen molar-refractivity contribution < 1.29 is 4.39 Å². The van der Waals surface area contributed by atoms with Crippen LogP contribution >= 0.6 is 11.8 Å². The van der Waals surface area contributed by atoms with Gasteiger partial charge in [-0.15, -0.1) is 11.8 Å². The summed E-state index contributed by atoms with van der Waals surface area (Å²) in [5.74, 6) is 1.01. The summed E-state index contributed by atoms with van der Waals surface area (Å²) in [6, 6.07) is 5.49. The van der Waals surface area contributed by atoms with Gasteiger partial charge in [0.05, 0.1) is 0 Å². The van der Waals surface area contributed by atoms with Crippen LogP contribution in [-0.4, -0.2) is 12.3 Å². The summed E-state index contributed by atoms with van der Waals surface area (Å²) in [6.45, 7) is 3.22. The van der Waals surface area contributed by atoms with Crippen molar-refractivity contribution in [3.63, 3.8) is 0 Å². The van der Waals surface area contributed by atoms with Crippen molar-refractivity contribution in [1.29, 1.82) is 0 Å². The van der Waals surface area contributed by atoms with Crippen LogP contribution in [0, 0.1) is 5.82 Å². The minimum atomic E-state index is -0.122. The number of fused-ring (bicyclic) bond motifs is 1. The summed E-state index contributed by atoms with van der Waals surface area (Å²) >= 11 is 1.83. The van der Waals surface area contributed by atoms with E-state index in [0.717, 1.165) is 24.3 Å². The van der Waals surface area contributed by atoms with E-state index in [1.165, 1.54) is 17.7 Å². The summed E-state index contributed by atoms with van der Waals surface area (Å²) in [5.41, 5.74) is 1.15. The minimum absolute atomic E-state index is 0.122. The summed E-state index contributed by atoms with van der Waals surface area (Å²) in [4.78, 5) is 1.24. The number of hydrogen-bond acceptors (Lipinski definition) is 2. The number of thioether (sulfide) groups is 1. The van der Waals surface area contributed by atoms with Crippen molar-refractivity contribution in [3.05, 3.63) is 29.6 Å². The smallest absolute Gasteiger partial charge is 0.123 e. The number of nitrogens with one attached hydrogen (secondary N) is 1. The second-order valence-corrected chi connectivity index (χ2v) is 5.32. The largest absolute Gasteiger partial charge is 0.310 e. The third-order valence-electron chi connectivity index (χ3n) is 2.93. The van der Waals surface area contributed by atoms with Gasteiger partial charge in [-0.25, -0.2) is 4.39 Å². The van der Waals surface area contributed by atoms with E-state index in [4.69, 9.17) is 0 Å². The number of rotatable bonds is 4. The molecule has 3 heteroatoms. The lowest BCUT2D eigenvalue weighted by atomic mass is 10.0. The third kappa shape index (κ3) is 2.77. The molecule has 16 heavy (non-hydrogen) atoms. The fourth-order valence-corrected chi connectivity index (χ4v) is 3.14. The van der Waals surface area contributed by atoms with Gasteiger partial charge in [-0.2, -0.15) is 0 Å². The Morgan fingerprint density at radius 1 is 1.50 bits per heavy atom. The summed E-state index contributed by atoms with van der Waals surface area (Å²) in [5, 5.41) is 3.53. The molecule has 0 amide bonds. The molecular weight excluding hydrogens is 221 g/mol. The summed E-state index contributed by atoms with van der Waals surface area (Å²) < 4.78 is 13.2. The molecule has 0 radical (unpaired) electrons. The molecule has 0 saturated carbocycles. The lowest BCUT2D eigenvalue weighted by Gasteiger charge is -2.26. The molecule has 0 aromatic heterocycles. The zero-order valence-corrected chi connectivity index (χ0v) is 10.4. The fraction of sp³-hybridized carbons (Fsp3) is 0.538. The first kappa shape index (κ1) is 11.9. The SMILES string of the molecule is CCCCNC1CCSc2ccc(F)cc21. The van der Waals surface area contributed by atoms with Gasteiger partial charge in [-0.3, -0.25) is 0 Å².